The van der Waals surface area contributed by atoms with Crippen LogP contribution < -0.4 is 15.6 Å². The van der Waals surface area contributed by atoms with E-state index in [1.807, 2.05) is 6.92 Å². The first-order valence-electron chi connectivity index (χ1n) is 8.17. The summed E-state index contributed by atoms with van der Waals surface area (Å²) in [5.74, 6) is 0.515. The minimum absolute atomic E-state index is 0.0132. The van der Waals surface area contributed by atoms with E-state index in [9.17, 15) is 14.7 Å². The highest BCUT2D eigenvalue weighted by atomic mass is 32.2. The number of hydrogen-bond donors (Lipinski definition) is 3. The number of nitrogens with one attached hydrogen (secondary N) is 2. The van der Waals surface area contributed by atoms with Crippen molar-refractivity contribution in [2.45, 2.75) is 24.4 Å². The highest BCUT2D eigenvalue weighted by Crippen LogP contribution is 2.38. The molecule has 0 radical (unpaired) electrons. The molecule has 0 bridgehead atoms. The summed E-state index contributed by atoms with van der Waals surface area (Å²) in [7, 11) is 0. The molecule has 0 saturated carbocycles. The molecule has 136 valence electrons. The number of phenolic OH excluding ortho intramolecular Hbond substituents is 1. The molecule has 0 saturated heterocycles. The van der Waals surface area contributed by atoms with Crippen LogP contribution in [0.1, 0.15) is 30.4 Å². The number of benzene rings is 1. The van der Waals surface area contributed by atoms with Crippen molar-refractivity contribution in [3.8, 4) is 11.5 Å². The lowest BCUT2D eigenvalue weighted by Crippen LogP contribution is -2.31. The summed E-state index contributed by atoms with van der Waals surface area (Å²) >= 11 is 1.33. The molecule has 7 nitrogen and oxygen atoms in total. The first kappa shape index (κ1) is 18.1. The molecule has 3 N–H and O–H groups in total. The summed E-state index contributed by atoms with van der Waals surface area (Å²) in [6.07, 6.45) is 1.82. The van der Waals surface area contributed by atoms with Crippen LogP contribution in [0.15, 0.2) is 40.8 Å². The number of anilines is 1. The van der Waals surface area contributed by atoms with E-state index >= 15 is 0 Å². The Kier molecular flexibility index (Phi) is 5.32. The average Bonchev–Trinajstić information content (AvgIpc) is 2.61. The molecule has 3 rings (SSSR count). The maximum atomic E-state index is 12.6. The molecule has 1 aromatic heterocycles. The van der Waals surface area contributed by atoms with Crippen LogP contribution in [0, 0.1) is 0 Å². The zero-order chi connectivity index (χ0) is 18.7. The number of hydrogen-bond acceptors (Lipinski definition) is 6. The molecular weight excluding hydrogens is 354 g/mol. The molecule has 1 aromatic carbocycles. The normalized spacial score (nSPS) is 15.9. The van der Waals surface area contributed by atoms with Gasteiger partial charge in [0.05, 0.1) is 12.2 Å². The van der Waals surface area contributed by atoms with Gasteiger partial charge in [0.15, 0.2) is 16.7 Å². The number of aromatic nitrogens is 2. The standard InChI is InChI=1S/C18H19N3O4S/c1-3-7-26-18-20-16-15(17(24)21-18)11(9-14(23)19-16)10-5-6-12(22)13(8-10)25-4-2/h3,5-6,8,11,22H,1,4,7,9H2,2H3,(H2,19,20,21,23,24)/t11-/m0/s1. The molecule has 1 amide bonds. The summed E-state index contributed by atoms with van der Waals surface area (Å²) in [5.41, 5.74) is 0.819. The molecular formula is C18H19N3O4S. The smallest absolute Gasteiger partial charge is 0.257 e. The number of phenols is 1. The van der Waals surface area contributed by atoms with Crippen molar-refractivity contribution >= 4 is 23.5 Å². The van der Waals surface area contributed by atoms with E-state index in [1.54, 1.807) is 18.2 Å². The fourth-order valence-electron chi connectivity index (χ4n) is 2.86. The van der Waals surface area contributed by atoms with Gasteiger partial charge in [-0.05, 0) is 24.6 Å². The van der Waals surface area contributed by atoms with Gasteiger partial charge in [0.1, 0.15) is 5.82 Å². The number of ether oxygens (including phenoxy) is 1. The van der Waals surface area contributed by atoms with E-state index in [2.05, 4.69) is 21.9 Å². The highest BCUT2D eigenvalue weighted by Gasteiger charge is 2.31. The Bertz CT molecular complexity index is 910. The molecule has 2 aromatic rings. The lowest BCUT2D eigenvalue weighted by Gasteiger charge is -2.25. The van der Waals surface area contributed by atoms with Crippen LogP contribution in [0.5, 0.6) is 11.5 Å². The minimum atomic E-state index is -0.465. The lowest BCUT2D eigenvalue weighted by atomic mass is 9.86. The van der Waals surface area contributed by atoms with Gasteiger partial charge in [0.2, 0.25) is 5.91 Å². The molecule has 8 heteroatoms. The van der Waals surface area contributed by atoms with Crippen LogP contribution in [-0.4, -0.2) is 33.3 Å². The number of aromatic hydroxyl groups is 1. The van der Waals surface area contributed by atoms with Crippen molar-refractivity contribution in [2.75, 3.05) is 17.7 Å². The summed E-state index contributed by atoms with van der Waals surface area (Å²) in [6, 6.07) is 4.85. The Morgan fingerprint density at radius 1 is 1.46 bits per heavy atom. The first-order chi connectivity index (χ1) is 12.5. The number of thioether (sulfide) groups is 1. The highest BCUT2D eigenvalue weighted by molar-refractivity contribution is 7.99. The van der Waals surface area contributed by atoms with Crippen LogP contribution in [0.2, 0.25) is 0 Å². The fourth-order valence-corrected chi connectivity index (χ4v) is 3.46. The Morgan fingerprint density at radius 2 is 2.27 bits per heavy atom. The van der Waals surface area contributed by atoms with Crippen molar-refractivity contribution in [3.05, 3.63) is 52.3 Å². The third-order valence-electron chi connectivity index (χ3n) is 3.95. The van der Waals surface area contributed by atoms with Crippen LogP contribution in [-0.2, 0) is 4.79 Å². The molecule has 26 heavy (non-hydrogen) atoms. The number of amides is 1. The van der Waals surface area contributed by atoms with Crippen molar-refractivity contribution in [3.63, 3.8) is 0 Å². The van der Waals surface area contributed by atoms with Gasteiger partial charge in [-0.3, -0.25) is 9.59 Å². The van der Waals surface area contributed by atoms with E-state index in [0.717, 1.165) is 0 Å². The second kappa shape index (κ2) is 7.65. The predicted octanol–water partition coefficient (Wildman–Crippen LogP) is 2.63. The molecule has 0 fully saturated rings. The zero-order valence-corrected chi connectivity index (χ0v) is 15.1. The topological polar surface area (TPSA) is 104 Å². The van der Waals surface area contributed by atoms with Gasteiger partial charge in [-0.15, -0.1) is 6.58 Å². The van der Waals surface area contributed by atoms with Crippen molar-refractivity contribution in [1.29, 1.82) is 0 Å². The number of rotatable bonds is 6. The van der Waals surface area contributed by atoms with Crippen molar-refractivity contribution in [2.24, 2.45) is 0 Å². The van der Waals surface area contributed by atoms with Gasteiger partial charge in [-0.25, -0.2) is 4.98 Å². The van der Waals surface area contributed by atoms with Crippen LogP contribution in [0.3, 0.4) is 0 Å². The van der Waals surface area contributed by atoms with Gasteiger partial charge in [-0.1, -0.05) is 23.9 Å². The maximum Gasteiger partial charge on any atom is 0.257 e. The molecule has 1 atom stereocenters. The average molecular weight is 373 g/mol. The van der Waals surface area contributed by atoms with Gasteiger partial charge in [0, 0.05) is 18.1 Å². The van der Waals surface area contributed by atoms with E-state index in [0.29, 0.717) is 34.4 Å². The summed E-state index contributed by atoms with van der Waals surface area (Å²) in [6.45, 7) is 5.84. The minimum Gasteiger partial charge on any atom is -0.504 e. The van der Waals surface area contributed by atoms with Gasteiger partial charge < -0.3 is 20.1 Å². The quantitative estimate of drug-likeness (QED) is 0.408. The van der Waals surface area contributed by atoms with E-state index < -0.39 is 5.92 Å². The molecule has 0 unspecified atom stereocenters. The van der Waals surface area contributed by atoms with Crippen LogP contribution >= 0.6 is 11.8 Å². The largest absolute Gasteiger partial charge is 0.504 e. The molecule has 1 aliphatic heterocycles. The van der Waals surface area contributed by atoms with Gasteiger partial charge in [-0.2, -0.15) is 0 Å². The number of aromatic amines is 1. The molecule has 2 heterocycles. The number of carbonyl (C=O) groups is 1. The Hall–Kier alpha value is -2.74. The van der Waals surface area contributed by atoms with Gasteiger partial charge >= 0.3 is 0 Å². The summed E-state index contributed by atoms with van der Waals surface area (Å²) < 4.78 is 5.41. The van der Waals surface area contributed by atoms with Crippen LogP contribution in [0.4, 0.5) is 5.82 Å². The predicted molar refractivity (Wildman–Crippen MR) is 100 cm³/mol. The summed E-state index contributed by atoms with van der Waals surface area (Å²) in [5, 5.41) is 13.0. The number of H-pyrrole nitrogens is 1. The zero-order valence-electron chi connectivity index (χ0n) is 14.2. The fraction of sp³-hybridized carbons (Fsp3) is 0.278. The SMILES string of the molecule is C=CCSc1nc2c(c(=O)[nH]1)[C@H](c1ccc(O)c(OCC)c1)CC(=O)N2. The molecule has 0 aliphatic carbocycles. The third-order valence-corrected chi connectivity index (χ3v) is 4.82. The van der Waals surface area contributed by atoms with Gasteiger partial charge in [0.25, 0.3) is 5.56 Å². The number of carbonyl (C=O) groups excluding carboxylic acids is 1. The second-order valence-electron chi connectivity index (χ2n) is 5.70. The lowest BCUT2D eigenvalue weighted by molar-refractivity contribution is -0.116. The van der Waals surface area contributed by atoms with Crippen molar-refractivity contribution < 1.29 is 14.6 Å². The van der Waals surface area contributed by atoms with E-state index in [-0.39, 0.29) is 29.5 Å². The van der Waals surface area contributed by atoms with Crippen molar-refractivity contribution in [1.82, 2.24) is 9.97 Å². The first-order valence-corrected chi connectivity index (χ1v) is 9.15. The number of fused-ring (bicyclic) bond motifs is 1. The second-order valence-corrected chi connectivity index (χ2v) is 6.71. The van der Waals surface area contributed by atoms with E-state index in [1.165, 1.54) is 17.8 Å². The third kappa shape index (κ3) is 3.60. The summed E-state index contributed by atoms with van der Waals surface area (Å²) in [4.78, 5) is 31.9. The van der Waals surface area contributed by atoms with E-state index in [4.69, 9.17) is 4.74 Å². The van der Waals surface area contributed by atoms with Crippen LogP contribution in [0.25, 0.3) is 0 Å². The molecule has 1 aliphatic rings. The number of nitrogens with zero attached hydrogens (tertiary/aromatic N) is 1. The Morgan fingerprint density at radius 3 is 3.00 bits per heavy atom. The Balaban J connectivity index is 2.06. The Labute approximate surface area is 154 Å². The molecule has 0 spiro atoms. The maximum absolute atomic E-state index is 12.6. The monoisotopic (exact) mass is 373 g/mol.